The molecule has 0 radical (unpaired) electrons. The van der Waals surface area contributed by atoms with Gasteiger partial charge in [-0.25, -0.2) is 13.1 Å². The van der Waals surface area contributed by atoms with Crippen molar-refractivity contribution in [2.45, 2.75) is 65.5 Å². The quantitative estimate of drug-likeness (QED) is 0.694. The molecule has 0 saturated heterocycles. The third-order valence-corrected chi connectivity index (χ3v) is 8.67. The molecule has 2 aliphatic carbocycles. The molecule has 6 heteroatoms. The molecule has 0 spiro atoms. The molecule has 0 amide bonds. The summed E-state index contributed by atoms with van der Waals surface area (Å²) in [4.78, 5) is 12.7. The summed E-state index contributed by atoms with van der Waals surface area (Å²) in [6, 6.07) is 10.2. The van der Waals surface area contributed by atoms with Crippen molar-refractivity contribution in [3.8, 4) is 0 Å². The van der Waals surface area contributed by atoms with Gasteiger partial charge in [0.2, 0.25) is 10.0 Å². The predicted octanol–water partition coefficient (Wildman–Crippen LogP) is 3.43. The number of carbonyl (C=O) groups excluding carboxylic acids is 1. The Morgan fingerprint density at radius 3 is 2.39 bits per heavy atom. The van der Waals surface area contributed by atoms with Crippen LogP contribution in [-0.4, -0.2) is 32.0 Å². The summed E-state index contributed by atoms with van der Waals surface area (Å²) in [6.45, 7) is 10.5. The van der Waals surface area contributed by atoms with Crippen LogP contribution in [0.3, 0.4) is 0 Å². The highest BCUT2D eigenvalue weighted by Gasteiger charge is 2.65. The monoisotopic (exact) mass is 406 g/mol. The van der Waals surface area contributed by atoms with E-state index < -0.39 is 21.0 Å². The average Bonchev–Trinajstić information content (AvgIpc) is 2.94. The van der Waals surface area contributed by atoms with E-state index in [1.165, 1.54) is 0 Å². The summed E-state index contributed by atoms with van der Waals surface area (Å²) < 4.78 is 28.6. The molecule has 0 aromatic heterocycles. The Bertz CT molecular complexity index is 833. The third kappa shape index (κ3) is 3.91. The minimum atomic E-state index is -3.56. The van der Waals surface area contributed by atoms with Gasteiger partial charge < -0.3 is 5.32 Å². The van der Waals surface area contributed by atoms with Gasteiger partial charge in [-0.15, -0.1) is 0 Å². The van der Waals surface area contributed by atoms with Crippen LogP contribution in [0.15, 0.2) is 30.3 Å². The Morgan fingerprint density at radius 1 is 1.21 bits per heavy atom. The van der Waals surface area contributed by atoms with Crippen LogP contribution in [-0.2, 0) is 14.8 Å². The second-order valence-corrected chi connectivity index (χ2v) is 11.7. The highest BCUT2D eigenvalue weighted by Crippen LogP contribution is 2.64. The number of rotatable bonds is 8. The average molecular weight is 407 g/mol. The Balaban J connectivity index is 1.64. The van der Waals surface area contributed by atoms with Crippen LogP contribution in [0.4, 0.5) is 0 Å². The van der Waals surface area contributed by atoms with Gasteiger partial charge in [0.1, 0.15) is 5.78 Å². The van der Waals surface area contributed by atoms with Crippen LogP contribution in [0.5, 0.6) is 0 Å². The highest BCUT2D eigenvalue weighted by molar-refractivity contribution is 7.89. The number of carbonyl (C=O) groups is 1. The van der Waals surface area contributed by atoms with Gasteiger partial charge in [-0.3, -0.25) is 4.79 Å². The molecule has 3 atom stereocenters. The first-order valence-electron chi connectivity index (χ1n) is 10.2. The number of sulfonamides is 1. The minimum Gasteiger partial charge on any atom is -0.304 e. The van der Waals surface area contributed by atoms with E-state index in [1.54, 1.807) is 0 Å². The number of benzene rings is 1. The fourth-order valence-corrected chi connectivity index (χ4v) is 7.25. The van der Waals surface area contributed by atoms with Gasteiger partial charge in [0.05, 0.1) is 5.75 Å². The number of ketones is 1. The van der Waals surface area contributed by atoms with Crippen LogP contribution in [0.25, 0.3) is 0 Å². The van der Waals surface area contributed by atoms with E-state index in [0.717, 1.165) is 12.0 Å². The Hall–Kier alpha value is -1.24. The molecule has 156 valence electrons. The topological polar surface area (TPSA) is 75.3 Å². The smallest absolute Gasteiger partial charge is 0.212 e. The summed E-state index contributed by atoms with van der Waals surface area (Å²) in [5, 5.41) is 3.50. The molecular weight excluding hydrogens is 372 g/mol. The zero-order chi connectivity index (χ0) is 20.8. The Kier molecular flexibility index (Phi) is 5.54. The normalized spacial score (nSPS) is 27.9. The molecule has 3 unspecified atom stereocenters. The predicted molar refractivity (Wildman–Crippen MR) is 112 cm³/mol. The van der Waals surface area contributed by atoms with E-state index in [2.05, 4.69) is 42.9 Å². The number of Topliss-reactive ketones (excluding diaryl/α,β-unsaturated/α-hetero) is 1. The number of hydrogen-bond donors (Lipinski definition) is 2. The number of nitrogens with one attached hydrogen (secondary N) is 2. The van der Waals surface area contributed by atoms with Gasteiger partial charge in [0.15, 0.2) is 0 Å². The summed E-state index contributed by atoms with van der Waals surface area (Å²) in [5.74, 6) is 0.362. The molecule has 5 nitrogen and oxygen atoms in total. The maximum absolute atomic E-state index is 12.9. The molecule has 0 heterocycles. The fraction of sp³-hybridized carbons (Fsp3) is 0.682. The molecule has 2 aliphatic rings. The summed E-state index contributed by atoms with van der Waals surface area (Å²) in [5.41, 5.74) is -0.229. The van der Waals surface area contributed by atoms with E-state index in [-0.39, 0.29) is 29.5 Å². The van der Waals surface area contributed by atoms with Crippen LogP contribution in [0.2, 0.25) is 0 Å². The second kappa shape index (κ2) is 7.22. The summed E-state index contributed by atoms with van der Waals surface area (Å²) in [6.07, 6.45) is 2.18. The van der Waals surface area contributed by atoms with Gasteiger partial charge in [-0.1, -0.05) is 44.2 Å². The second-order valence-electron chi connectivity index (χ2n) is 9.91. The van der Waals surface area contributed by atoms with Gasteiger partial charge in [0.25, 0.3) is 0 Å². The van der Waals surface area contributed by atoms with Crippen LogP contribution < -0.4 is 10.0 Å². The van der Waals surface area contributed by atoms with Crippen LogP contribution in [0, 0.1) is 16.7 Å². The lowest BCUT2D eigenvalue weighted by molar-refractivity contribution is -0.128. The molecule has 2 saturated carbocycles. The molecule has 1 aromatic rings. The van der Waals surface area contributed by atoms with Crippen molar-refractivity contribution in [2.24, 2.45) is 16.7 Å². The van der Waals surface area contributed by atoms with Gasteiger partial charge in [0, 0.05) is 30.0 Å². The van der Waals surface area contributed by atoms with Crippen molar-refractivity contribution in [3.05, 3.63) is 35.9 Å². The molecule has 1 aromatic carbocycles. The molecule has 2 fully saturated rings. The van der Waals surface area contributed by atoms with E-state index in [4.69, 9.17) is 0 Å². The lowest BCUT2D eigenvalue weighted by Crippen LogP contribution is -2.52. The zero-order valence-corrected chi connectivity index (χ0v) is 18.5. The molecular formula is C22H34N2O3S. The fourth-order valence-electron chi connectivity index (χ4n) is 5.24. The SMILES string of the molecule is CC(NC(C)(C)CNS(=O)(=O)CC12CCC(CC1=O)C2(C)C)c1ccccc1. The minimum absolute atomic E-state index is 0.0906. The zero-order valence-electron chi connectivity index (χ0n) is 17.7. The highest BCUT2D eigenvalue weighted by atomic mass is 32.2. The largest absolute Gasteiger partial charge is 0.304 e. The van der Waals surface area contributed by atoms with Gasteiger partial charge in [-0.05, 0) is 50.5 Å². The Morgan fingerprint density at radius 2 is 1.86 bits per heavy atom. The molecule has 0 aliphatic heterocycles. The van der Waals surface area contributed by atoms with E-state index >= 15 is 0 Å². The van der Waals surface area contributed by atoms with E-state index in [0.29, 0.717) is 18.8 Å². The van der Waals surface area contributed by atoms with Crippen LogP contribution >= 0.6 is 0 Å². The maximum Gasteiger partial charge on any atom is 0.212 e. The Labute approximate surface area is 169 Å². The first-order chi connectivity index (χ1) is 12.9. The van der Waals surface area contributed by atoms with E-state index in [1.807, 2.05) is 32.0 Å². The van der Waals surface area contributed by atoms with Crippen molar-refractivity contribution in [1.29, 1.82) is 0 Å². The van der Waals surface area contributed by atoms with Crippen LogP contribution in [0.1, 0.15) is 65.5 Å². The first kappa shape index (κ1) is 21.5. The standard InChI is InChI=1S/C22H34N2O3S/c1-16(17-9-7-6-8-10-17)24-20(2,3)14-23-28(26,27)15-22-12-11-18(13-19(22)25)21(22,4)5/h6-10,16,18,23-24H,11-15H2,1-5H3. The number of fused-ring (bicyclic) bond motifs is 2. The van der Waals surface area contributed by atoms with Gasteiger partial charge >= 0.3 is 0 Å². The molecule has 28 heavy (non-hydrogen) atoms. The third-order valence-electron chi connectivity index (χ3n) is 7.22. The molecule has 2 N–H and O–H groups in total. The lowest BCUT2D eigenvalue weighted by atomic mass is 9.70. The molecule has 2 bridgehead atoms. The van der Waals surface area contributed by atoms with Crippen molar-refractivity contribution in [3.63, 3.8) is 0 Å². The lowest BCUT2D eigenvalue weighted by Gasteiger charge is -2.37. The van der Waals surface area contributed by atoms with Crippen molar-refractivity contribution >= 4 is 15.8 Å². The first-order valence-corrected chi connectivity index (χ1v) is 11.9. The van der Waals surface area contributed by atoms with Crippen molar-refractivity contribution in [1.82, 2.24) is 10.0 Å². The van der Waals surface area contributed by atoms with Crippen molar-refractivity contribution in [2.75, 3.05) is 12.3 Å². The summed E-state index contributed by atoms with van der Waals surface area (Å²) in [7, 11) is -3.56. The molecule has 3 rings (SSSR count). The summed E-state index contributed by atoms with van der Waals surface area (Å²) >= 11 is 0. The number of hydrogen-bond acceptors (Lipinski definition) is 4. The van der Waals surface area contributed by atoms with Crippen molar-refractivity contribution < 1.29 is 13.2 Å². The van der Waals surface area contributed by atoms with E-state index in [9.17, 15) is 13.2 Å². The maximum atomic E-state index is 12.9. The van der Waals surface area contributed by atoms with Gasteiger partial charge in [-0.2, -0.15) is 0 Å².